The van der Waals surface area contributed by atoms with Gasteiger partial charge >= 0.3 is 0 Å². The zero-order valence-corrected chi connectivity index (χ0v) is 13.5. The molecule has 108 valence electrons. The van der Waals surface area contributed by atoms with Crippen LogP contribution < -0.4 is 10.1 Å². The van der Waals surface area contributed by atoms with Crippen molar-refractivity contribution in [3.63, 3.8) is 0 Å². The molecule has 0 aliphatic heterocycles. The van der Waals surface area contributed by atoms with Crippen LogP contribution in [-0.2, 0) is 0 Å². The van der Waals surface area contributed by atoms with E-state index in [1.54, 1.807) is 0 Å². The lowest BCUT2D eigenvalue weighted by molar-refractivity contribution is 0.118. The zero-order chi connectivity index (χ0) is 14.3. The summed E-state index contributed by atoms with van der Waals surface area (Å²) in [5, 5.41) is 13.0. The molecule has 19 heavy (non-hydrogen) atoms. The van der Waals surface area contributed by atoms with E-state index in [9.17, 15) is 5.11 Å². The minimum atomic E-state index is -0.298. The van der Waals surface area contributed by atoms with Crippen molar-refractivity contribution in [1.29, 1.82) is 0 Å². The van der Waals surface area contributed by atoms with Gasteiger partial charge in [0, 0.05) is 17.6 Å². The zero-order valence-electron chi connectivity index (χ0n) is 11.9. The monoisotopic (exact) mass is 329 g/mol. The SMILES string of the molecule is CC(C)(C)CC(O)CNCCOc1ccc(Br)cc1. The van der Waals surface area contributed by atoms with Gasteiger partial charge in [0.15, 0.2) is 0 Å². The largest absolute Gasteiger partial charge is 0.492 e. The van der Waals surface area contributed by atoms with E-state index >= 15 is 0 Å². The number of hydrogen-bond donors (Lipinski definition) is 2. The number of ether oxygens (including phenoxy) is 1. The molecule has 0 amide bonds. The van der Waals surface area contributed by atoms with Crippen molar-refractivity contribution >= 4 is 15.9 Å². The van der Waals surface area contributed by atoms with Crippen LogP contribution in [0.5, 0.6) is 5.75 Å². The van der Waals surface area contributed by atoms with E-state index in [1.165, 1.54) is 0 Å². The summed E-state index contributed by atoms with van der Waals surface area (Å²) in [6, 6.07) is 7.77. The Kier molecular flexibility index (Phi) is 6.83. The summed E-state index contributed by atoms with van der Waals surface area (Å²) in [6.45, 7) is 8.34. The molecule has 0 saturated heterocycles. The number of nitrogens with one attached hydrogen (secondary N) is 1. The number of benzene rings is 1. The minimum absolute atomic E-state index is 0.162. The van der Waals surface area contributed by atoms with Crippen LogP contribution in [0.3, 0.4) is 0 Å². The summed E-state index contributed by atoms with van der Waals surface area (Å²) in [5.74, 6) is 0.861. The predicted molar refractivity (Wildman–Crippen MR) is 82.6 cm³/mol. The average Bonchev–Trinajstić information content (AvgIpc) is 2.29. The van der Waals surface area contributed by atoms with E-state index in [4.69, 9.17) is 4.74 Å². The first kappa shape index (κ1) is 16.5. The maximum absolute atomic E-state index is 9.82. The van der Waals surface area contributed by atoms with Gasteiger partial charge in [-0.1, -0.05) is 36.7 Å². The lowest BCUT2D eigenvalue weighted by Gasteiger charge is -2.22. The highest BCUT2D eigenvalue weighted by molar-refractivity contribution is 9.10. The Bertz CT molecular complexity index is 359. The molecule has 0 heterocycles. The second-order valence-electron chi connectivity index (χ2n) is 5.93. The molecule has 3 nitrogen and oxygen atoms in total. The molecule has 4 heteroatoms. The first-order chi connectivity index (χ1) is 8.87. The normalized spacial score (nSPS) is 13.3. The van der Waals surface area contributed by atoms with Gasteiger partial charge in [-0.25, -0.2) is 0 Å². The van der Waals surface area contributed by atoms with Gasteiger partial charge in [0.05, 0.1) is 6.10 Å². The Labute approximate surface area is 124 Å². The van der Waals surface area contributed by atoms with Crippen LogP contribution in [-0.4, -0.2) is 30.9 Å². The van der Waals surface area contributed by atoms with Crippen LogP contribution in [0.2, 0.25) is 0 Å². The fourth-order valence-corrected chi connectivity index (χ4v) is 2.08. The summed E-state index contributed by atoms with van der Waals surface area (Å²) >= 11 is 3.38. The quantitative estimate of drug-likeness (QED) is 0.755. The highest BCUT2D eigenvalue weighted by Crippen LogP contribution is 2.20. The maximum Gasteiger partial charge on any atom is 0.119 e. The van der Waals surface area contributed by atoms with Crippen LogP contribution in [0.1, 0.15) is 27.2 Å². The third-order valence-corrected chi connectivity index (χ3v) is 3.12. The van der Waals surface area contributed by atoms with E-state index in [2.05, 4.69) is 42.0 Å². The van der Waals surface area contributed by atoms with Gasteiger partial charge in [-0.05, 0) is 36.1 Å². The van der Waals surface area contributed by atoms with Crippen molar-refractivity contribution in [2.75, 3.05) is 19.7 Å². The molecule has 0 aromatic heterocycles. The molecule has 0 fully saturated rings. The molecule has 1 aromatic rings. The minimum Gasteiger partial charge on any atom is -0.492 e. The summed E-state index contributed by atoms with van der Waals surface area (Å²) in [5.41, 5.74) is 0.162. The van der Waals surface area contributed by atoms with Gasteiger partial charge < -0.3 is 15.2 Å². The van der Waals surface area contributed by atoms with E-state index in [-0.39, 0.29) is 11.5 Å². The van der Waals surface area contributed by atoms with Crippen molar-refractivity contribution in [1.82, 2.24) is 5.32 Å². The fourth-order valence-electron chi connectivity index (χ4n) is 1.82. The van der Waals surface area contributed by atoms with E-state index in [0.29, 0.717) is 13.2 Å². The number of aliphatic hydroxyl groups is 1. The molecule has 0 bridgehead atoms. The third kappa shape index (κ3) is 8.24. The number of hydrogen-bond acceptors (Lipinski definition) is 3. The molecule has 0 spiro atoms. The molecule has 0 radical (unpaired) electrons. The molecule has 0 saturated carbocycles. The highest BCUT2D eigenvalue weighted by atomic mass is 79.9. The Hall–Kier alpha value is -0.580. The molecule has 2 N–H and O–H groups in total. The standard InChI is InChI=1S/C15H24BrNO2/c1-15(2,3)10-13(18)11-17-8-9-19-14-6-4-12(16)5-7-14/h4-7,13,17-18H,8-11H2,1-3H3. The summed E-state index contributed by atoms with van der Waals surface area (Å²) in [7, 11) is 0. The number of halogens is 1. The molecule has 0 aliphatic rings. The molecular weight excluding hydrogens is 306 g/mol. The van der Waals surface area contributed by atoms with Crippen LogP contribution in [0.15, 0.2) is 28.7 Å². The molecule has 1 rings (SSSR count). The lowest BCUT2D eigenvalue weighted by Crippen LogP contribution is -2.32. The summed E-state index contributed by atoms with van der Waals surface area (Å²) < 4.78 is 6.62. The second-order valence-corrected chi connectivity index (χ2v) is 6.84. The van der Waals surface area contributed by atoms with Crippen molar-refractivity contribution in [3.05, 3.63) is 28.7 Å². The molecule has 1 atom stereocenters. The van der Waals surface area contributed by atoms with E-state index in [0.717, 1.165) is 23.2 Å². The van der Waals surface area contributed by atoms with Crippen molar-refractivity contribution in [2.24, 2.45) is 5.41 Å². The van der Waals surface area contributed by atoms with Crippen molar-refractivity contribution in [2.45, 2.75) is 33.3 Å². The molecular formula is C15H24BrNO2. The average molecular weight is 330 g/mol. The smallest absolute Gasteiger partial charge is 0.119 e. The van der Waals surface area contributed by atoms with Crippen LogP contribution in [0, 0.1) is 5.41 Å². The second kappa shape index (κ2) is 7.88. The highest BCUT2D eigenvalue weighted by Gasteiger charge is 2.15. The maximum atomic E-state index is 9.82. The van der Waals surface area contributed by atoms with E-state index < -0.39 is 0 Å². The van der Waals surface area contributed by atoms with Gasteiger partial charge in [-0.2, -0.15) is 0 Å². The van der Waals surface area contributed by atoms with Gasteiger partial charge in [-0.15, -0.1) is 0 Å². The first-order valence-electron chi connectivity index (χ1n) is 6.64. The third-order valence-electron chi connectivity index (χ3n) is 2.59. The number of rotatable bonds is 7. The van der Waals surface area contributed by atoms with Crippen LogP contribution in [0.25, 0.3) is 0 Å². The lowest BCUT2D eigenvalue weighted by atomic mass is 9.89. The first-order valence-corrected chi connectivity index (χ1v) is 7.43. The molecule has 0 aliphatic carbocycles. The van der Waals surface area contributed by atoms with Gasteiger partial charge in [0.1, 0.15) is 12.4 Å². The summed E-state index contributed by atoms with van der Waals surface area (Å²) in [6.07, 6.45) is 0.501. The Morgan fingerprint density at radius 3 is 2.47 bits per heavy atom. The Morgan fingerprint density at radius 1 is 1.26 bits per heavy atom. The van der Waals surface area contributed by atoms with Crippen molar-refractivity contribution in [3.8, 4) is 5.75 Å². The number of aliphatic hydroxyl groups excluding tert-OH is 1. The summed E-state index contributed by atoms with van der Waals surface area (Å²) in [4.78, 5) is 0. The van der Waals surface area contributed by atoms with Gasteiger partial charge in [0.25, 0.3) is 0 Å². The predicted octanol–water partition coefficient (Wildman–Crippen LogP) is 3.21. The van der Waals surface area contributed by atoms with Crippen LogP contribution in [0.4, 0.5) is 0 Å². The molecule has 1 aromatic carbocycles. The van der Waals surface area contributed by atoms with Gasteiger partial charge in [-0.3, -0.25) is 0 Å². The Balaban J connectivity index is 2.09. The van der Waals surface area contributed by atoms with Crippen LogP contribution >= 0.6 is 15.9 Å². The molecule has 1 unspecified atom stereocenters. The van der Waals surface area contributed by atoms with Gasteiger partial charge in [0.2, 0.25) is 0 Å². The fraction of sp³-hybridized carbons (Fsp3) is 0.600. The Morgan fingerprint density at radius 2 is 1.89 bits per heavy atom. The topological polar surface area (TPSA) is 41.5 Å². The van der Waals surface area contributed by atoms with Crippen molar-refractivity contribution < 1.29 is 9.84 Å². The van der Waals surface area contributed by atoms with E-state index in [1.807, 2.05) is 24.3 Å².